The highest BCUT2D eigenvalue weighted by Gasteiger charge is 2.32. The second kappa shape index (κ2) is 5.73. The van der Waals surface area contributed by atoms with Crippen LogP contribution in [-0.2, 0) is 5.41 Å². The maximum atomic E-state index is 2.50. The van der Waals surface area contributed by atoms with E-state index in [1.807, 2.05) is 0 Å². The monoisotopic (exact) mass is 334 g/mol. The first-order valence-electron chi connectivity index (χ1n) is 9.68. The average molecular weight is 335 g/mol. The van der Waals surface area contributed by atoms with E-state index in [4.69, 9.17) is 0 Å². The molecule has 0 nitrogen and oxygen atoms in total. The van der Waals surface area contributed by atoms with Crippen molar-refractivity contribution in [2.75, 3.05) is 0 Å². The number of benzene rings is 1. The first-order valence-corrected chi connectivity index (χ1v) is 9.68. The van der Waals surface area contributed by atoms with Gasteiger partial charge >= 0.3 is 0 Å². The Labute approximate surface area is 154 Å². The molecule has 2 atom stereocenters. The Morgan fingerprint density at radius 3 is 2.04 bits per heavy atom. The molecule has 0 heterocycles. The fourth-order valence-electron chi connectivity index (χ4n) is 4.39. The fraction of sp³-hybridized carbons (Fsp3) is 0.520. The van der Waals surface area contributed by atoms with E-state index in [-0.39, 0.29) is 10.8 Å². The van der Waals surface area contributed by atoms with Crippen molar-refractivity contribution in [2.24, 2.45) is 17.3 Å². The van der Waals surface area contributed by atoms with Crippen LogP contribution in [0.1, 0.15) is 67.9 Å². The molecular formula is C25H34. The first-order chi connectivity index (χ1) is 11.4. The van der Waals surface area contributed by atoms with Crippen molar-refractivity contribution in [3.8, 4) is 0 Å². The molecule has 1 aromatic rings. The van der Waals surface area contributed by atoms with Crippen molar-refractivity contribution < 1.29 is 0 Å². The lowest BCUT2D eigenvalue weighted by Crippen LogP contribution is -2.39. The first kappa shape index (κ1) is 18.2. The van der Waals surface area contributed by atoms with Gasteiger partial charge in [-0.15, -0.1) is 0 Å². The van der Waals surface area contributed by atoms with Gasteiger partial charge in [-0.25, -0.2) is 0 Å². The van der Waals surface area contributed by atoms with Gasteiger partial charge in [-0.2, -0.15) is 0 Å². The summed E-state index contributed by atoms with van der Waals surface area (Å²) in [4.78, 5) is 0. The summed E-state index contributed by atoms with van der Waals surface area (Å²) >= 11 is 0. The lowest BCUT2D eigenvalue weighted by Gasteiger charge is -2.36. The minimum absolute atomic E-state index is 0.191. The van der Waals surface area contributed by atoms with E-state index in [9.17, 15) is 0 Å². The minimum Gasteiger partial charge on any atom is -0.0770 e. The van der Waals surface area contributed by atoms with Gasteiger partial charge in [0.25, 0.3) is 0 Å². The van der Waals surface area contributed by atoms with Crippen LogP contribution in [-0.4, -0.2) is 0 Å². The third kappa shape index (κ3) is 3.05. The second-order valence-corrected chi connectivity index (χ2v) is 10.1. The van der Waals surface area contributed by atoms with Crippen LogP contribution < -0.4 is 10.4 Å². The summed E-state index contributed by atoms with van der Waals surface area (Å²) in [6, 6.07) is 7.12. The standard InChI is InChI=1S/C25H34/c1-15-12-19(25(7,8)9)14-22-16(2)20-11-10-18(24(4,5)6)13-21(20)17(3)23(15)22/h10-15,23H,1-9H3. The Bertz CT molecular complexity index is 889. The number of rotatable bonds is 0. The quantitative estimate of drug-likeness (QED) is 0.587. The van der Waals surface area contributed by atoms with Crippen LogP contribution in [0.5, 0.6) is 0 Å². The van der Waals surface area contributed by atoms with E-state index < -0.39 is 0 Å². The van der Waals surface area contributed by atoms with Crippen molar-refractivity contribution in [1.29, 1.82) is 0 Å². The summed E-state index contributed by atoms with van der Waals surface area (Å²) in [5, 5.41) is 2.89. The van der Waals surface area contributed by atoms with Crippen LogP contribution in [0.15, 0.2) is 41.5 Å². The summed E-state index contributed by atoms with van der Waals surface area (Å²) in [5.74, 6) is 1.07. The third-order valence-electron chi connectivity index (χ3n) is 6.09. The fourth-order valence-corrected chi connectivity index (χ4v) is 4.39. The van der Waals surface area contributed by atoms with Crippen LogP contribution >= 0.6 is 0 Å². The Morgan fingerprint density at radius 2 is 1.48 bits per heavy atom. The molecule has 0 amide bonds. The molecule has 0 aromatic heterocycles. The van der Waals surface area contributed by atoms with Crippen molar-refractivity contribution in [3.05, 3.63) is 57.5 Å². The molecule has 0 N–H and O–H groups in total. The van der Waals surface area contributed by atoms with E-state index in [0.717, 1.165) is 0 Å². The Balaban J connectivity index is 2.30. The van der Waals surface area contributed by atoms with Gasteiger partial charge in [0.05, 0.1) is 0 Å². The maximum absolute atomic E-state index is 2.50. The lowest BCUT2D eigenvalue weighted by atomic mass is 9.68. The summed E-state index contributed by atoms with van der Waals surface area (Å²) < 4.78 is 0. The molecule has 3 rings (SSSR count). The van der Waals surface area contributed by atoms with Gasteiger partial charge in [-0.05, 0) is 63.3 Å². The Kier molecular flexibility index (Phi) is 4.18. The van der Waals surface area contributed by atoms with E-state index in [1.165, 1.54) is 38.3 Å². The summed E-state index contributed by atoms with van der Waals surface area (Å²) in [7, 11) is 0. The molecule has 0 radical (unpaired) electrons. The number of hydrogen-bond acceptors (Lipinski definition) is 0. The highest BCUT2D eigenvalue weighted by atomic mass is 14.4. The molecule has 0 saturated heterocycles. The van der Waals surface area contributed by atoms with Crippen LogP contribution in [0.2, 0.25) is 0 Å². The van der Waals surface area contributed by atoms with Crippen LogP contribution in [0, 0.1) is 17.3 Å². The SMILES string of the molecule is CC1=c2ccc(C(C)(C)C)cc2=C(C)C2C1=CC(C(C)(C)C)=CC2C. The van der Waals surface area contributed by atoms with E-state index >= 15 is 0 Å². The second-order valence-electron chi connectivity index (χ2n) is 10.1. The zero-order valence-corrected chi connectivity index (χ0v) is 17.5. The van der Waals surface area contributed by atoms with Gasteiger partial charge in [0.2, 0.25) is 0 Å². The normalized spacial score (nSPS) is 23.7. The van der Waals surface area contributed by atoms with Crippen LogP contribution in [0.4, 0.5) is 0 Å². The molecule has 0 aliphatic heterocycles. The highest BCUT2D eigenvalue weighted by Crippen LogP contribution is 2.43. The number of hydrogen-bond donors (Lipinski definition) is 0. The summed E-state index contributed by atoms with van der Waals surface area (Å²) in [6.07, 6.45) is 4.98. The highest BCUT2D eigenvalue weighted by molar-refractivity contribution is 5.76. The molecule has 2 aliphatic carbocycles. The van der Waals surface area contributed by atoms with Crippen molar-refractivity contribution >= 4 is 11.1 Å². The van der Waals surface area contributed by atoms with Crippen molar-refractivity contribution in [3.63, 3.8) is 0 Å². The van der Waals surface area contributed by atoms with Crippen molar-refractivity contribution in [1.82, 2.24) is 0 Å². The Morgan fingerprint density at radius 1 is 0.840 bits per heavy atom. The van der Waals surface area contributed by atoms with E-state index in [2.05, 4.69) is 92.7 Å². The predicted molar refractivity (Wildman–Crippen MR) is 111 cm³/mol. The zero-order valence-electron chi connectivity index (χ0n) is 17.5. The van der Waals surface area contributed by atoms with Gasteiger partial charge < -0.3 is 0 Å². The molecule has 0 spiro atoms. The molecule has 0 bridgehead atoms. The molecule has 0 fully saturated rings. The third-order valence-corrected chi connectivity index (χ3v) is 6.09. The molecule has 1 aromatic carbocycles. The molecule has 134 valence electrons. The predicted octanol–water partition coefficient (Wildman–Crippen LogP) is 5.50. The molecule has 25 heavy (non-hydrogen) atoms. The van der Waals surface area contributed by atoms with Gasteiger partial charge in [0, 0.05) is 5.92 Å². The molecule has 2 unspecified atom stereocenters. The van der Waals surface area contributed by atoms with Crippen LogP contribution in [0.3, 0.4) is 0 Å². The average Bonchev–Trinajstić information content (AvgIpc) is 2.49. The van der Waals surface area contributed by atoms with E-state index in [1.54, 1.807) is 0 Å². The van der Waals surface area contributed by atoms with Crippen LogP contribution in [0.25, 0.3) is 11.1 Å². The summed E-state index contributed by atoms with van der Waals surface area (Å²) in [5.41, 5.74) is 7.84. The van der Waals surface area contributed by atoms with E-state index in [0.29, 0.717) is 11.8 Å². The smallest absolute Gasteiger partial charge is 0.0118 e. The van der Waals surface area contributed by atoms with Gasteiger partial charge in [0.1, 0.15) is 0 Å². The summed E-state index contributed by atoms with van der Waals surface area (Å²) in [6.45, 7) is 20.9. The lowest BCUT2D eigenvalue weighted by molar-refractivity contribution is 0.488. The van der Waals surface area contributed by atoms with Gasteiger partial charge in [-0.3, -0.25) is 0 Å². The Hall–Kier alpha value is -1.56. The number of allylic oxidation sites excluding steroid dienone is 4. The zero-order chi connectivity index (χ0) is 18.7. The molecule has 0 heteroatoms. The van der Waals surface area contributed by atoms with Crippen molar-refractivity contribution in [2.45, 2.75) is 67.7 Å². The van der Waals surface area contributed by atoms with Gasteiger partial charge in [0.15, 0.2) is 0 Å². The molecular weight excluding hydrogens is 300 g/mol. The van der Waals surface area contributed by atoms with Gasteiger partial charge in [-0.1, -0.05) is 84.4 Å². The molecule has 0 saturated carbocycles. The molecule has 2 aliphatic rings. The number of fused-ring (bicyclic) bond motifs is 2. The topological polar surface area (TPSA) is 0 Å². The maximum Gasteiger partial charge on any atom is 0.0118 e. The minimum atomic E-state index is 0.191. The largest absolute Gasteiger partial charge is 0.0770 e.